The molecule has 0 radical (unpaired) electrons. The summed E-state index contributed by atoms with van der Waals surface area (Å²) in [7, 11) is 3.84. The number of pyridine rings is 1. The van der Waals surface area contributed by atoms with Gasteiger partial charge in [-0.3, -0.25) is 4.90 Å². The Morgan fingerprint density at radius 1 is 1.29 bits per heavy atom. The average Bonchev–Trinajstić information content (AvgIpc) is 2.49. The third-order valence-corrected chi connectivity index (χ3v) is 4.24. The second kappa shape index (κ2) is 7.61. The van der Waals surface area contributed by atoms with Crippen molar-refractivity contribution in [3.63, 3.8) is 0 Å². The van der Waals surface area contributed by atoms with Gasteiger partial charge in [0.15, 0.2) is 0 Å². The van der Waals surface area contributed by atoms with E-state index in [0.29, 0.717) is 17.8 Å². The smallest absolute Gasteiger partial charge is 0.214 e. The van der Waals surface area contributed by atoms with Gasteiger partial charge >= 0.3 is 0 Å². The molecule has 5 heteroatoms. The van der Waals surface area contributed by atoms with Crippen LogP contribution in [0.25, 0.3) is 0 Å². The second-order valence-electron chi connectivity index (χ2n) is 6.12. The maximum absolute atomic E-state index is 5.17. The third kappa shape index (κ3) is 4.58. The van der Waals surface area contributed by atoms with E-state index in [2.05, 4.69) is 41.0 Å². The molecule has 1 N–H and O–H groups in total. The average molecular weight is 292 g/mol. The lowest BCUT2D eigenvalue weighted by atomic mass is 10.0. The number of hydrogen-bond acceptors (Lipinski definition) is 5. The van der Waals surface area contributed by atoms with Gasteiger partial charge in [-0.05, 0) is 19.0 Å². The molecule has 1 fully saturated rings. The molecule has 1 atom stereocenters. The Balaban J connectivity index is 1.93. The molecule has 2 heterocycles. The van der Waals surface area contributed by atoms with E-state index in [1.165, 1.54) is 0 Å². The molecular formula is C16H28N4O. The van der Waals surface area contributed by atoms with Gasteiger partial charge in [0.25, 0.3) is 0 Å². The van der Waals surface area contributed by atoms with E-state index in [-0.39, 0.29) is 0 Å². The molecule has 118 valence electrons. The van der Waals surface area contributed by atoms with E-state index in [4.69, 9.17) is 4.74 Å². The first kappa shape index (κ1) is 16.0. The summed E-state index contributed by atoms with van der Waals surface area (Å²) in [4.78, 5) is 9.15. The van der Waals surface area contributed by atoms with Gasteiger partial charge in [0.2, 0.25) is 5.88 Å². The van der Waals surface area contributed by atoms with Crippen LogP contribution in [0.1, 0.15) is 13.8 Å². The molecule has 1 saturated heterocycles. The SMILES string of the molecule is COc1cc(NCC(C(C)C)N2CCN(C)CC2)ccn1. The Morgan fingerprint density at radius 3 is 2.62 bits per heavy atom. The molecular weight excluding hydrogens is 264 g/mol. The summed E-state index contributed by atoms with van der Waals surface area (Å²) in [5, 5.41) is 3.53. The Bertz CT molecular complexity index is 430. The molecule has 1 unspecified atom stereocenters. The Kier molecular flexibility index (Phi) is 5.82. The van der Waals surface area contributed by atoms with Crippen LogP contribution in [0.5, 0.6) is 5.88 Å². The summed E-state index contributed by atoms with van der Waals surface area (Å²) in [6.45, 7) is 10.2. The van der Waals surface area contributed by atoms with Crippen molar-refractivity contribution in [2.24, 2.45) is 5.92 Å². The Hall–Kier alpha value is -1.33. The molecule has 1 aromatic heterocycles. The number of methoxy groups -OCH3 is 1. The number of anilines is 1. The first-order valence-electron chi connectivity index (χ1n) is 7.76. The van der Waals surface area contributed by atoms with Crippen molar-refractivity contribution in [1.82, 2.24) is 14.8 Å². The van der Waals surface area contributed by atoms with Crippen molar-refractivity contribution >= 4 is 5.69 Å². The lowest BCUT2D eigenvalue weighted by Gasteiger charge is -2.40. The lowest BCUT2D eigenvalue weighted by Crippen LogP contribution is -2.52. The van der Waals surface area contributed by atoms with Crippen molar-refractivity contribution < 1.29 is 4.74 Å². The topological polar surface area (TPSA) is 40.6 Å². The third-order valence-electron chi connectivity index (χ3n) is 4.24. The monoisotopic (exact) mass is 292 g/mol. The zero-order valence-corrected chi connectivity index (χ0v) is 13.7. The van der Waals surface area contributed by atoms with E-state index < -0.39 is 0 Å². The maximum Gasteiger partial charge on any atom is 0.214 e. The molecule has 1 aliphatic heterocycles. The summed E-state index contributed by atoms with van der Waals surface area (Å²) in [6.07, 6.45) is 1.78. The van der Waals surface area contributed by atoms with Crippen LogP contribution < -0.4 is 10.1 Å². The molecule has 0 aromatic carbocycles. The number of nitrogens with one attached hydrogen (secondary N) is 1. The van der Waals surface area contributed by atoms with E-state index in [0.717, 1.165) is 38.4 Å². The first-order valence-corrected chi connectivity index (χ1v) is 7.76. The molecule has 21 heavy (non-hydrogen) atoms. The van der Waals surface area contributed by atoms with E-state index in [1.54, 1.807) is 13.3 Å². The van der Waals surface area contributed by atoms with Crippen molar-refractivity contribution in [3.05, 3.63) is 18.3 Å². The van der Waals surface area contributed by atoms with Crippen LogP contribution >= 0.6 is 0 Å². The minimum atomic E-state index is 0.554. The second-order valence-corrected chi connectivity index (χ2v) is 6.12. The first-order chi connectivity index (χ1) is 10.1. The van der Waals surface area contributed by atoms with Gasteiger partial charge in [0.1, 0.15) is 0 Å². The fourth-order valence-electron chi connectivity index (χ4n) is 2.79. The van der Waals surface area contributed by atoms with E-state index >= 15 is 0 Å². The number of aromatic nitrogens is 1. The quantitative estimate of drug-likeness (QED) is 0.865. The van der Waals surface area contributed by atoms with Crippen LogP contribution in [-0.4, -0.2) is 67.7 Å². The predicted octanol–water partition coefficient (Wildman–Crippen LogP) is 1.77. The summed E-state index contributed by atoms with van der Waals surface area (Å²) in [6, 6.07) is 4.49. The van der Waals surface area contributed by atoms with Gasteiger partial charge in [0, 0.05) is 56.7 Å². The zero-order chi connectivity index (χ0) is 15.2. The highest BCUT2D eigenvalue weighted by molar-refractivity contribution is 5.45. The summed E-state index contributed by atoms with van der Waals surface area (Å²) in [5.41, 5.74) is 1.07. The van der Waals surface area contributed by atoms with Crippen LogP contribution in [0.4, 0.5) is 5.69 Å². The van der Waals surface area contributed by atoms with Gasteiger partial charge in [-0.2, -0.15) is 0 Å². The molecule has 0 aliphatic carbocycles. The molecule has 0 spiro atoms. The maximum atomic E-state index is 5.17. The van der Waals surface area contributed by atoms with Crippen LogP contribution in [0.3, 0.4) is 0 Å². The number of likely N-dealkylation sites (N-methyl/N-ethyl adjacent to an activating group) is 1. The van der Waals surface area contributed by atoms with E-state index in [1.807, 2.05) is 12.1 Å². The predicted molar refractivity (Wildman–Crippen MR) is 87.0 cm³/mol. The zero-order valence-electron chi connectivity index (χ0n) is 13.7. The van der Waals surface area contributed by atoms with Crippen molar-refractivity contribution in [2.45, 2.75) is 19.9 Å². The summed E-state index contributed by atoms with van der Waals surface area (Å²) >= 11 is 0. The fraction of sp³-hybridized carbons (Fsp3) is 0.688. The van der Waals surface area contributed by atoms with Crippen molar-refractivity contribution in [2.75, 3.05) is 52.2 Å². The normalized spacial score (nSPS) is 18.7. The molecule has 1 aromatic rings. The lowest BCUT2D eigenvalue weighted by molar-refractivity contribution is 0.0944. The minimum Gasteiger partial charge on any atom is -0.481 e. The standard InChI is InChI=1S/C16H28N4O/c1-13(2)15(20-9-7-19(3)8-10-20)12-18-14-5-6-17-16(11-14)21-4/h5-6,11,13,15H,7-10,12H2,1-4H3,(H,17,18). The van der Waals surface area contributed by atoms with Crippen LogP contribution in [0, 0.1) is 5.92 Å². The highest BCUT2D eigenvalue weighted by Crippen LogP contribution is 2.17. The van der Waals surface area contributed by atoms with Crippen LogP contribution in [0.2, 0.25) is 0 Å². The Labute approximate surface area is 128 Å². The minimum absolute atomic E-state index is 0.554. The van der Waals surface area contributed by atoms with Crippen molar-refractivity contribution in [1.29, 1.82) is 0 Å². The number of hydrogen-bond donors (Lipinski definition) is 1. The number of nitrogens with zero attached hydrogens (tertiary/aromatic N) is 3. The van der Waals surface area contributed by atoms with Gasteiger partial charge in [-0.25, -0.2) is 4.98 Å². The summed E-state index contributed by atoms with van der Waals surface area (Å²) in [5.74, 6) is 1.28. The number of piperazine rings is 1. The van der Waals surface area contributed by atoms with Crippen molar-refractivity contribution in [3.8, 4) is 5.88 Å². The van der Waals surface area contributed by atoms with Gasteiger partial charge in [-0.15, -0.1) is 0 Å². The molecule has 2 rings (SSSR count). The fourth-order valence-corrected chi connectivity index (χ4v) is 2.79. The van der Waals surface area contributed by atoms with E-state index in [9.17, 15) is 0 Å². The molecule has 0 bridgehead atoms. The number of ether oxygens (including phenoxy) is 1. The largest absolute Gasteiger partial charge is 0.481 e. The van der Waals surface area contributed by atoms with Crippen LogP contribution in [0.15, 0.2) is 18.3 Å². The molecule has 0 amide bonds. The molecule has 1 aliphatic rings. The summed E-state index contributed by atoms with van der Waals surface area (Å²) < 4.78 is 5.17. The Morgan fingerprint density at radius 2 is 2.00 bits per heavy atom. The van der Waals surface area contributed by atoms with Crippen LogP contribution in [-0.2, 0) is 0 Å². The number of rotatable bonds is 6. The van der Waals surface area contributed by atoms with Gasteiger partial charge < -0.3 is 15.0 Å². The van der Waals surface area contributed by atoms with Gasteiger partial charge in [0.05, 0.1) is 7.11 Å². The highest BCUT2D eigenvalue weighted by atomic mass is 16.5. The molecule has 5 nitrogen and oxygen atoms in total. The highest BCUT2D eigenvalue weighted by Gasteiger charge is 2.24. The molecule has 0 saturated carbocycles. The van der Waals surface area contributed by atoms with Gasteiger partial charge in [-0.1, -0.05) is 13.8 Å².